The molecule has 2 unspecified atom stereocenters. The lowest BCUT2D eigenvalue weighted by Crippen LogP contribution is -2.49. The lowest BCUT2D eigenvalue weighted by atomic mass is 9.80. The number of nitrogens with one attached hydrogen (secondary N) is 1. The van der Waals surface area contributed by atoms with Gasteiger partial charge in [-0.3, -0.25) is 5.41 Å². The lowest BCUT2D eigenvalue weighted by molar-refractivity contribution is 0.196. The van der Waals surface area contributed by atoms with Crippen molar-refractivity contribution in [3.05, 3.63) is 23.8 Å². The van der Waals surface area contributed by atoms with Gasteiger partial charge in [0.05, 0.1) is 11.9 Å². The first kappa shape index (κ1) is 20.4. The molecule has 2 aliphatic carbocycles. The summed E-state index contributed by atoms with van der Waals surface area (Å²) in [6, 6.07) is 0. The maximum Gasteiger partial charge on any atom is 0.217 e. The van der Waals surface area contributed by atoms with Crippen molar-refractivity contribution < 1.29 is 13.5 Å². The fourth-order valence-corrected chi connectivity index (χ4v) is 6.65. The largest absolute Gasteiger partial charge is 0.395 e. The van der Waals surface area contributed by atoms with E-state index >= 15 is 0 Å². The van der Waals surface area contributed by atoms with Gasteiger partial charge < -0.3 is 15.7 Å². The van der Waals surface area contributed by atoms with Crippen LogP contribution in [0.5, 0.6) is 0 Å². The molecule has 3 rings (SSSR count). The highest BCUT2D eigenvalue weighted by molar-refractivity contribution is 7.89. The molecule has 0 spiro atoms. The summed E-state index contributed by atoms with van der Waals surface area (Å²) in [6.45, 7) is 1.71. The van der Waals surface area contributed by atoms with Crippen molar-refractivity contribution in [2.45, 2.75) is 43.8 Å². The van der Waals surface area contributed by atoms with E-state index in [0.717, 1.165) is 32.2 Å². The Balaban J connectivity index is 1.70. The number of hydrogen-bond acceptors (Lipinski definition) is 4. The first-order valence-electron chi connectivity index (χ1n) is 9.96. The Morgan fingerprint density at radius 3 is 2.93 bits per heavy atom. The van der Waals surface area contributed by atoms with E-state index in [1.165, 1.54) is 9.88 Å². The lowest BCUT2D eigenvalue weighted by Gasteiger charge is -2.38. The third-order valence-corrected chi connectivity index (χ3v) is 8.44. The molecule has 3 aliphatic rings. The first-order chi connectivity index (χ1) is 12.9. The molecule has 0 aromatic rings. The Kier molecular flexibility index (Phi) is 6.60. The molecular formula is C19H32N4O3S. The van der Waals surface area contributed by atoms with Crippen molar-refractivity contribution in [1.82, 2.24) is 9.21 Å². The van der Waals surface area contributed by atoms with Gasteiger partial charge >= 0.3 is 0 Å². The second-order valence-corrected chi connectivity index (χ2v) is 10.2. The Bertz CT molecular complexity index is 704. The summed E-state index contributed by atoms with van der Waals surface area (Å²) < 4.78 is 28.1. The molecule has 152 valence electrons. The van der Waals surface area contributed by atoms with Gasteiger partial charge in [-0.05, 0) is 50.4 Å². The van der Waals surface area contributed by atoms with Crippen LogP contribution < -0.4 is 5.73 Å². The van der Waals surface area contributed by atoms with Gasteiger partial charge in [-0.15, -0.1) is 0 Å². The molecule has 8 heteroatoms. The maximum atomic E-state index is 13.3. The van der Waals surface area contributed by atoms with Crippen LogP contribution in [0.4, 0.5) is 0 Å². The topological polar surface area (TPSA) is 111 Å². The fourth-order valence-electron chi connectivity index (χ4n) is 4.63. The number of aliphatic hydroxyl groups excluding tert-OH is 1. The highest BCUT2D eigenvalue weighted by atomic mass is 32.2. The number of rotatable bonds is 6. The van der Waals surface area contributed by atoms with Crippen LogP contribution in [0.3, 0.4) is 0 Å². The van der Waals surface area contributed by atoms with Crippen molar-refractivity contribution in [1.29, 1.82) is 5.41 Å². The minimum atomic E-state index is -3.47. The number of sulfonamides is 1. The van der Waals surface area contributed by atoms with Gasteiger partial charge in [0.2, 0.25) is 10.0 Å². The van der Waals surface area contributed by atoms with Crippen LogP contribution >= 0.6 is 0 Å². The number of likely N-dealkylation sites (tertiary alicyclic amines) is 1. The van der Waals surface area contributed by atoms with Gasteiger partial charge in [-0.25, -0.2) is 8.42 Å². The number of guanidine groups is 1. The normalized spacial score (nSPS) is 28.7. The molecule has 0 bridgehead atoms. The van der Waals surface area contributed by atoms with Gasteiger partial charge in [-0.1, -0.05) is 23.8 Å². The van der Waals surface area contributed by atoms with Gasteiger partial charge in [0, 0.05) is 26.2 Å². The van der Waals surface area contributed by atoms with Gasteiger partial charge in [0.1, 0.15) is 0 Å². The Morgan fingerprint density at radius 1 is 1.37 bits per heavy atom. The van der Waals surface area contributed by atoms with Crippen molar-refractivity contribution in [3.8, 4) is 0 Å². The van der Waals surface area contributed by atoms with Gasteiger partial charge in [0.15, 0.2) is 5.96 Å². The number of allylic oxidation sites excluding steroid dienone is 4. The molecule has 0 amide bonds. The summed E-state index contributed by atoms with van der Waals surface area (Å²) in [6.07, 6.45) is 11.3. The number of fused-ring (bicyclic) bond motifs is 1. The standard InChI is InChI=1S/C19H32N4O3S/c20-19(21)22-9-3-4-15(13-22)14-23(10-11-24)27(25,26)18-8-7-16-5-1-2-6-17(16)12-18/h1-2,6,15-16,18,24H,3-5,7-14H2,(H3,20,21)/t15?,16?,18-/m0/s1. The predicted molar refractivity (Wildman–Crippen MR) is 107 cm³/mol. The van der Waals surface area contributed by atoms with Gasteiger partial charge in [0.25, 0.3) is 0 Å². The Labute approximate surface area is 162 Å². The molecule has 4 N–H and O–H groups in total. The summed E-state index contributed by atoms with van der Waals surface area (Å²) in [7, 11) is -3.47. The number of hydrogen-bond donors (Lipinski definition) is 3. The van der Waals surface area contributed by atoms with E-state index in [-0.39, 0.29) is 25.0 Å². The minimum absolute atomic E-state index is 0.0480. The van der Waals surface area contributed by atoms with Crippen molar-refractivity contribution in [2.24, 2.45) is 17.6 Å². The van der Waals surface area contributed by atoms with Crippen LogP contribution in [-0.2, 0) is 10.0 Å². The third kappa shape index (κ3) is 4.73. The Morgan fingerprint density at radius 2 is 2.19 bits per heavy atom. The van der Waals surface area contributed by atoms with E-state index < -0.39 is 15.3 Å². The van der Waals surface area contributed by atoms with E-state index in [0.29, 0.717) is 31.8 Å². The molecule has 27 heavy (non-hydrogen) atoms. The zero-order valence-electron chi connectivity index (χ0n) is 15.9. The molecule has 1 aliphatic heterocycles. The molecule has 1 saturated carbocycles. The smallest absolute Gasteiger partial charge is 0.217 e. The van der Waals surface area contributed by atoms with Crippen molar-refractivity contribution in [3.63, 3.8) is 0 Å². The molecule has 0 radical (unpaired) electrons. The van der Waals surface area contributed by atoms with Crippen LogP contribution in [0.25, 0.3) is 0 Å². The first-order valence-corrected chi connectivity index (χ1v) is 11.5. The SMILES string of the molecule is N=C(N)N1CCCC(CN(CCO)S(=O)(=O)[C@H]2CCC3CC=CC=C3C2)C1. The number of nitrogens with zero attached hydrogens (tertiary/aromatic N) is 2. The fraction of sp³-hybridized carbons (Fsp3) is 0.737. The number of piperidine rings is 1. The summed E-state index contributed by atoms with van der Waals surface area (Å²) in [4.78, 5) is 1.81. The second kappa shape index (κ2) is 8.75. The van der Waals surface area contributed by atoms with E-state index in [9.17, 15) is 13.5 Å². The summed E-state index contributed by atoms with van der Waals surface area (Å²) in [5.74, 6) is 0.680. The molecule has 0 aromatic carbocycles. The predicted octanol–water partition coefficient (Wildman–Crippen LogP) is 1.27. The molecule has 1 saturated heterocycles. The average Bonchev–Trinajstić information content (AvgIpc) is 2.67. The van der Waals surface area contributed by atoms with Crippen LogP contribution in [0.15, 0.2) is 23.8 Å². The maximum absolute atomic E-state index is 13.3. The zero-order chi connectivity index (χ0) is 19.4. The molecule has 2 fully saturated rings. The van der Waals surface area contributed by atoms with E-state index in [1.807, 2.05) is 11.0 Å². The minimum Gasteiger partial charge on any atom is -0.395 e. The Hall–Kier alpha value is -1.38. The average molecular weight is 397 g/mol. The monoisotopic (exact) mass is 396 g/mol. The van der Waals surface area contributed by atoms with Crippen LogP contribution in [0, 0.1) is 17.2 Å². The molecule has 0 aromatic heterocycles. The van der Waals surface area contributed by atoms with Crippen molar-refractivity contribution >= 4 is 16.0 Å². The van der Waals surface area contributed by atoms with Crippen LogP contribution in [0.1, 0.15) is 38.5 Å². The second-order valence-electron chi connectivity index (χ2n) is 7.97. The zero-order valence-corrected chi connectivity index (χ0v) is 16.7. The molecule has 3 atom stereocenters. The van der Waals surface area contributed by atoms with Crippen molar-refractivity contribution in [2.75, 3.05) is 32.8 Å². The van der Waals surface area contributed by atoms with Crippen LogP contribution in [-0.4, -0.2) is 66.7 Å². The van der Waals surface area contributed by atoms with E-state index in [2.05, 4.69) is 12.2 Å². The highest BCUT2D eigenvalue weighted by Crippen LogP contribution is 2.38. The van der Waals surface area contributed by atoms with E-state index in [4.69, 9.17) is 11.1 Å². The van der Waals surface area contributed by atoms with Crippen LogP contribution in [0.2, 0.25) is 0 Å². The molecule has 7 nitrogen and oxygen atoms in total. The summed E-state index contributed by atoms with van der Waals surface area (Å²) in [5, 5.41) is 16.7. The number of aliphatic hydroxyl groups is 1. The molecular weight excluding hydrogens is 364 g/mol. The third-order valence-electron chi connectivity index (χ3n) is 6.14. The summed E-state index contributed by atoms with van der Waals surface area (Å²) in [5.41, 5.74) is 6.86. The highest BCUT2D eigenvalue weighted by Gasteiger charge is 2.38. The van der Waals surface area contributed by atoms with E-state index in [1.54, 1.807) is 0 Å². The quantitative estimate of drug-likeness (QED) is 0.462. The summed E-state index contributed by atoms with van der Waals surface area (Å²) >= 11 is 0. The number of nitrogens with two attached hydrogens (primary N) is 1. The molecule has 1 heterocycles. The van der Waals surface area contributed by atoms with Gasteiger partial charge in [-0.2, -0.15) is 4.31 Å².